The third-order valence-electron chi connectivity index (χ3n) is 2.94. The number of hydrogen-bond donors (Lipinski definition) is 2. The summed E-state index contributed by atoms with van der Waals surface area (Å²) in [4.78, 5) is 11.2. The number of hydrogen-bond acceptors (Lipinski definition) is 2. The molecule has 0 heterocycles. The maximum absolute atomic E-state index is 13.2. The second kappa shape index (κ2) is 6.38. The highest BCUT2D eigenvalue weighted by Crippen LogP contribution is 2.19. The van der Waals surface area contributed by atoms with Gasteiger partial charge in [-0.15, -0.1) is 0 Å². The first-order valence-corrected chi connectivity index (χ1v) is 6.20. The van der Waals surface area contributed by atoms with Crippen LogP contribution in [0.1, 0.15) is 32.3 Å². The van der Waals surface area contributed by atoms with Crippen LogP contribution in [0.2, 0.25) is 0 Å². The number of aryl methyl sites for hydroxylation is 1. The molecule has 0 aliphatic heterocycles. The summed E-state index contributed by atoms with van der Waals surface area (Å²) < 4.78 is 13.2. The number of anilines is 1. The number of carboxylic acid groups (broad SMARTS) is 1. The van der Waals surface area contributed by atoms with E-state index in [4.69, 9.17) is 0 Å². The molecule has 18 heavy (non-hydrogen) atoms. The molecule has 4 heteroatoms. The van der Waals surface area contributed by atoms with E-state index in [9.17, 15) is 14.3 Å². The molecule has 0 bridgehead atoms. The number of benzene rings is 1. The van der Waals surface area contributed by atoms with Gasteiger partial charge in [0.2, 0.25) is 0 Å². The molecule has 100 valence electrons. The van der Waals surface area contributed by atoms with Gasteiger partial charge in [-0.1, -0.05) is 20.3 Å². The summed E-state index contributed by atoms with van der Waals surface area (Å²) in [6.45, 7) is 5.68. The predicted molar refractivity (Wildman–Crippen MR) is 70.3 cm³/mol. The summed E-state index contributed by atoms with van der Waals surface area (Å²) >= 11 is 0. The fourth-order valence-corrected chi connectivity index (χ4v) is 2.07. The maximum Gasteiger partial charge on any atom is 0.326 e. The van der Waals surface area contributed by atoms with Crippen molar-refractivity contribution in [3.05, 3.63) is 29.6 Å². The fourth-order valence-electron chi connectivity index (χ4n) is 2.07. The normalized spacial score (nSPS) is 14.0. The molecule has 0 aliphatic rings. The van der Waals surface area contributed by atoms with Crippen LogP contribution in [-0.2, 0) is 4.79 Å². The second-order valence-electron chi connectivity index (χ2n) is 4.74. The van der Waals surface area contributed by atoms with Crippen molar-refractivity contribution in [3.8, 4) is 0 Å². The summed E-state index contributed by atoms with van der Waals surface area (Å²) in [5.74, 6) is -1.27. The molecule has 2 N–H and O–H groups in total. The zero-order chi connectivity index (χ0) is 13.7. The number of nitrogens with one attached hydrogen (secondary N) is 1. The van der Waals surface area contributed by atoms with Crippen LogP contribution < -0.4 is 5.32 Å². The Morgan fingerprint density at radius 2 is 2.11 bits per heavy atom. The Labute approximate surface area is 107 Å². The van der Waals surface area contributed by atoms with Gasteiger partial charge >= 0.3 is 5.97 Å². The van der Waals surface area contributed by atoms with Crippen LogP contribution in [-0.4, -0.2) is 17.1 Å². The van der Waals surface area contributed by atoms with Crippen LogP contribution in [0.3, 0.4) is 0 Å². The summed E-state index contributed by atoms with van der Waals surface area (Å²) in [6.07, 6.45) is 1.74. The van der Waals surface area contributed by atoms with E-state index in [0.29, 0.717) is 5.69 Å². The summed E-state index contributed by atoms with van der Waals surface area (Å²) in [5.41, 5.74) is 1.28. The topological polar surface area (TPSA) is 49.3 Å². The molecule has 0 saturated carbocycles. The van der Waals surface area contributed by atoms with E-state index in [1.807, 2.05) is 13.8 Å². The number of carboxylic acids is 1. The first kappa shape index (κ1) is 14.5. The molecule has 2 unspecified atom stereocenters. The minimum absolute atomic E-state index is 0.00364. The Kier molecular flexibility index (Phi) is 5.13. The molecule has 1 aromatic carbocycles. The molecule has 0 amide bonds. The maximum atomic E-state index is 13.2. The highest BCUT2D eigenvalue weighted by molar-refractivity contribution is 5.77. The van der Waals surface area contributed by atoms with Crippen molar-refractivity contribution in [2.45, 2.75) is 39.7 Å². The van der Waals surface area contributed by atoms with E-state index < -0.39 is 12.0 Å². The van der Waals surface area contributed by atoms with Gasteiger partial charge in [-0.05, 0) is 43.0 Å². The van der Waals surface area contributed by atoms with Crippen LogP contribution in [0.15, 0.2) is 18.2 Å². The molecule has 1 aromatic rings. The van der Waals surface area contributed by atoms with E-state index >= 15 is 0 Å². The SMILES string of the molecule is CCCC(C)C(Nc1cc(C)cc(F)c1)C(=O)O. The molecular formula is C14H20FNO2. The predicted octanol–water partition coefficient (Wildman–Crippen LogP) is 3.44. The summed E-state index contributed by atoms with van der Waals surface area (Å²) in [5, 5.41) is 12.1. The lowest BCUT2D eigenvalue weighted by molar-refractivity contribution is -0.139. The van der Waals surface area contributed by atoms with Crippen LogP contribution in [0.25, 0.3) is 0 Å². The molecule has 3 nitrogen and oxygen atoms in total. The third-order valence-corrected chi connectivity index (χ3v) is 2.94. The van der Waals surface area contributed by atoms with Crippen molar-refractivity contribution in [1.82, 2.24) is 0 Å². The van der Waals surface area contributed by atoms with Crippen molar-refractivity contribution in [3.63, 3.8) is 0 Å². The zero-order valence-corrected chi connectivity index (χ0v) is 11.0. The van der Waals surface area contributed by atoms with Gasteiger partial charge in [-0.3, -0.25) is 0 Å². The van der Waals surface area contributed by atoms with Gasteiger partial charge in [0.25, 0.3) is 0 Å². The van der Waals surface area contributed by atoms with Gasteiger partial charge in [-0.2, -0.15) is 0 Å². The third kappa shape index (κ3) is 4.02. The summed E-state index contributed by atoms with van der Waals surface area (Å²) in [6, 6.07) is 3.79. The number of rotatable bonds is 6. The first-order valence-electron chi connectivity index (χ1n) is 6.20. The summed E-state index contributed by atoms with van der Waals surface area (Å²) in [7, 11) is 0. The molecule has 0 fully saturated rings. The van der Waals surface area contributed by atoms with Crippen LogP contribution in [0, 0.1) is 18.7 Å². The number of carbonyl (C=O) groups is 1. The van der Waals surface area contributed by atoms with Gasteiger partial charge < -0.3 is 10.4 Å². The van der Waals surface area contributed by atoms with Gasteiger partial charge in [0.05, 0.1) is 0 Å². The van der Waals surface area contributed by atoms with E-state index in [2.05, 4.69) is 5.32 Å². The van der Waals surface area contributed by atoms with E-state index in [1.54, 1.807) is 13.0 Å². The van der Waals surface area contributed by atoms with Crippen LogP contribution >= 0.6 is 0 Å². The molecule has 1 rings (SSSR count). The Morgan fingerprint density at radius 1 is 1.44 bits per heavy atom. The molecule has 0 aliphatic carbocycles. The zero-order valence-electron chi connectivity index (χ0n) is 11.0. The van der Waals surface area contributed by atoms with Gasteiger partial charge in [0.1, 0.15) is 11.9 Å². The number of halogens is 1. The fraction of sp³-hybridized carbons (Fsp3) is 0.500. The minimum atomic E-state index is -0.905. The average molecular weight is 253 g/mol. The molecule has 0 spiro atoms. The highest BCUT2D eigenvalue weighted by Gasteiger charge is 2.23. The lowest BCUT2D eigenvalue weighted by Crippen LogP contribution is -2.35. The quantitative estimate of drug-likeness (QED) is 0.816. The molecule has 0 saturated heterocycles. The average Bonchev–Trinajstić information content (AvgIpc) is 2.24. The molecule has 0 aromatic heterocycles. The smallest absolute Gasteiger partial charge is 0.326 e. The first-order chi connectivity index (χ1) is 8.43. The lowest BCUT2D eigenvalue weighted by atomic mass is 9.96. The Morgan fingerprint density at radius 3 is 2.61 bits per heavy atom. The van der Waals surface area contributed by atoms with Gasteiger partial charge in [0.15, 0.2) is 0 Å². The van der Waals surface area contributed by atoms with E-state index in [0.717, 1.165) is 18.4 Å². The van der Waals surface area contributed by atoms with Crippen molar-refractivity contribution in [2.75, 3.05) is 5.32 Å². The van der Waals surface area contributed by atoms with E-state index in [-0.39, 0.29) is 11.7 Å². The van der Waals surface area contributed by atoms with Gasteiger partial charge in [0, 0.05) is 5.69 Å². The lowest BCUT2D eigenvalue weighted by Gasteiger charge is -2.22. The second-order valence-corrected chi connectivity index (χ2v) is 4.74. The minimum Gasteiger partial charge on any atom is -0.480 e. The van der Waals surface area contributed by atoms with Gasteiger partial charge in [-0.25, -0.2) is 9.18 Å². The molecule has 0 radical (unpaired) electrons. The standard InChI is InChI=1S/C14H20FNO2/c1-4-5-10(3)13(14(17)18)16-12-7-9(2)6-11(15)8-12/h6-8,10,13,16H,4-5H2,1-3H3,(H,17,18). The highest BCUT2D eigenvalue weighted by atomic mass is 19.1. The largest absolute Gasteiger partial charge is 0.480 e. The number of aliphatic carboxylic acids is 1. The van der Waals surface area contributed by atoms with Crippen molar-refractivity contribution < 1.29 is 14.3 Å². The Hall–Kier alpha value is -1.58. The van der Waals surface area contributed by atoms with Crippen molar-refractivity contribution in [2.24, 2.45) is 5.92 Å². The van der Waals surface area contributed by atoms with Crippen molar-refractivity contribution in [1.29, 1.82) is 0 Å². The van der Waals surface area contributed by atoms with Crippen molar-refractivity contribution >= 4 is 11.7 Å². The monoisotopic (exact) mass is 253 g/mol. The molecule has 2 atom stereocenters. The Bertz CT molecular complexity index is 400. The van der Waals surface area contributed by atoms with Crippen LogP contribution in [0.4, 0.5) is 10.1 Å². The van der Waals surface area contributed by atoms with E-state index in [1.165, 1.54) is 12.1 Å². The van der Waals surface area contributed by atoms with Crippen LogP contribution in [0.5, 0.6) is 0 Å². The Balaban J connectivity index is 2.86. The molecular weight excluding hydrogens is 233 g/mol.